The van der Waals surface area contributed by atoms with Crippen LogP contribution in [0.5, 0.6) is 5.75 Å². The van der Waals surface area contributed by atoms with Crippen LogP contribution in [-0.4, -0.2) is 41.8 Å². The van der Waals surface area contributed by atoms with Gasteiger partial charge in [-0.05, 0) is 55.4 Å². The van der Waals surface area contributed by atoms with E-state index in [9.17, 15) is 9.59 Å². The summed E-state index contributed by atoms with van der Waals surface area (Å²) in [5, 5.41) is 8.87. The van der Waals surface area contributed by atoms with Gasteiger partial charge in [-0.15, -0.1) is 0 Å². The highest BCUT2D eigenvalue weighted by molar-refractivity contribution is 5.66. The van der Waals surface area contributed by atoms with Gasteiger partial charge in [0, 0.05) is 17.7 Å². The first-order chi connectivity index (χ1) is 17.2. The van der Waals surface area contributed by atoms with Crippen LogP contribution in [0, 0.1) is 22.7 Å². The van der Waals surface area contributed by atoms with Gasteiger partial charge in [-0.25, -0.2) is 0 Å². The number of rotatable bonds is 6. The van der Waals surface area contributed by atoms with E-state index in [0.717, 1.165) is 43.3 Å². The van der Waals surface area contributed by atoms with Crippen LogP contribution in [0.1, 0.15) is 78.1 Å². The highest BCUT2D eigenvalue weighted by atomic mass is 16.7. The van der Waals surface area contributed by atoms with Gasteiger partial charge in [-0.1, -0.05) is 58.1 Å². The van der Waals surface area contributed by atoms with Crippen LogP contribution in [0.15, 0.2) is 35.3 Å². The molecule has 4 unspecified atom stereocenters. The lowest BCUT2D eigenvalue weighted by Crippen LogP contribution is -2.60. The van der Waals surface area contributed by atoms with E-state index in [1.54, 1.807) is 6.07 Å². The molecule has 7 nitrogen and oxygen atoms in total. The summed E-state index contributed by atoms with van der Waals surface area (Å²) in [5.74, 6) is 0.277. The molecule has 1 N–H and O–H groups in total. The minimum Gasteiger partial charge on any atom is -0.493 e. The van der Waals surface area contributed by atoms with Gasteiger partial charge in [-0.3, -0.25) is 9.59 Å². The zero-order valence-corrected chi connectivity index (χ0v) is 22.0. The molecule has 0 radical (unpaired) electrons. The number of pyridine rings is 1. The van der Waals surface area contributed by atoms with Crippen molar-refractivity contribution in [1.29, 1.82) is 0 Å². The lowest BCUT2D eigenvalue weighted by Gasteiger charge is -2.62. The molecule has 1 aromatic heterocycles. The molecule has 0 amide bonds. The third kappa shape index (κ3) is 5.72. The zero-order chi connectivity index (χ0) is 25.8. The molecule has 7 heteroatoms. The molecule has 0 spiro atoms. The van der Waals surface area contributed by atoms with Crippen molar-refractivity contribution in [2.75, 3.05) is 20.0 Å². The summed E-state index contributed by atoms with van der Waals surface area (Å²) in [6.07, 6.45) is 14.3. The van der Waals surface area contributed by atoms with Crippen LogP contribution >= 0.6 is 0 Å². The van der Waals surface area contributed by atoms with Crippen molar-refractivity contribution in [3.05, 3.63) is 40.8 Å². The van der Waals surface area contributed by atoms with Crippen LogP contribution < -0.4 is 10.3 Å². The Morgan fingerprint density at radius 1 is 1.19 bits per heavy atom. The number of carboxylic acid groups (broad SMARTS) is 1. The molecule has 3 saturated carbocycles. The maximum absolute atomic E-state index is 12.1. The van der Waals surface area contributed by atoms with Gasteiger partial charge in [0.15, 0.2) is 0 Å². The Balaban J connectivity index is 0.000000543. The van der Waals surface area contributed by atoms with Crippen molar-refractivity contribution in [2.45, 2.75) is 90.7 Å². The van der Waals surface area contributed by atoms with E-state index >= 15 is 0 Å². The molecule has 4 aliphatic rings. The van der Waals surface area contributed by atoms with Crippen LogP contribution in [0.2, 0.25) is 0 Å². The molecular formula is C29H43NO6. The fourth-order valence-electron chi connectivity index (χ4n) is 7.40. The molecule has 0 bridgehead atoms. The standard InChI is InChI=1S/C24H33NO6.C5H10/c1-16-4-5-19-23(2,9-6-20-24(19,3)14-29-15-31-20)18(16)8-11-30-17-7-10-25(13-22(27)28)21(26)12-17;1-2-4-5-3-1/h7,10,12,18-20H,1,4-6,8-9,11,13-15H2,2-3H3,(H,27,28);1-5H2/t18?,19?,20?,23?,24-;/m0./s1. The molecule has 5 atom stereocenters. The number of aliphatic carboxylic acids is 1. The normalized spacial score (nSPS) is 33.6. The van der Waals surface area contributed by atoms with E-state index in [1.165, 1.54) is 49.9 Å². The predicted molar refractivity (Wildman–Crippen MR) is 138 cm³/mol. The Morgan fingerprint density at radius 2 is 1.92 bits per heavy atom. The average molecular weight is 502 g/mol. The first-order valence-corrected chi connectivity index (χ1v) is 13.7. The third-order valence-electron chi connectivity index (χ3n) is 9.28. The number of hydrogen-bond donors (Lipinski definition) is 1. The number of fused-ring (bicyclic) bond motifs is 3. The van der Waals surface area contributed by atoms with E-state index in [1.807, 2.05) is 0 Å². The topological polar surface area (TPSA) is 87.0 Å². The monoisotopic (exact) mass is 501 g/mol. The smallest absolute Gasteiger partial charge is 0.323 e. The lowest BCUT2D eigenvalue weighted by atomic mass is 9.46. The number of aromatic nitrogens is 1. The SMILES string of the molecule is C1CCCC1.C=C1CCC2C(C)(CCC3OCOC[C@]32C)C1CCOc1ccn(CC(=O)O)c(=O)c1. The Kier molecular flexibility index (Phi) is 8.61. The number of ether oxygens (including phenoxy) is 3. The first kappa shape index (κ1) is 26.9. The van der Waals surface area contributed by atoms with Crippen LogP contribution in [-0.2, 0) is 20.8 Å². The quantitative estimate of drug-likeness (QED) is 0.524. The minimum atomic E-state index is -1.05. The molecule has 200 valence electrons. The number of allylic oxidation sites excluding steroid dienone is 1. The number of hydrogen-bond acceptors (Lipinski definition) is 5. The predicted octanol–water partition coefficient (Wildman–Crippen LogP) is 5.41. The lowest BCUT2D eigenvalue weighted by molar-refractivity contribution is -0.260. The Bertz CT molecular complexity index is 977. The van der Waals surface area contributed by atoms with Gasteiger partial charge in [-0.2, -0.15) is 0 Å². The van der Waals surface area contributed by atoms with Crippen LogP contribution in [0.4, 0.5) is 0 Å². The molecule has 1 aliphatic heterocycles. The Labute approximate surface area is 214 Å². The highest BCUT2D eigenvalue weighted by Crippen LogP contribution is 2.62. The van der Waals surface area contributed by atoms with E-state index < -0.39 is 5.97 Å². The van der Waals surface area contributed by atoms with E-state index in [2.05, 4.69) is 20.4 Å². The molecule has 5 rings (SSSR count). The molecule has 36 heavy (non-hydrogen) atoms. The second-order valence-corrected chi connectivity index (χ2v) is 11.6. The fraction of sp³-hybridized carbons (Fsp3) is 0.724. The van der Waals surface area contributed by atoms with E-state index in [4.69, 9.17) is 19.3 Å². The summed E-state index contributed by atoms with van der Waals surface area (Å²) in [6.45, 7) is 10.4. The highest BCUT2D eigenvalue weighted by Gasteiger charge is 2.59. The summed E-state index contributed by atoms with van der Waals surface area (Å²) in [6, 6.07) is 3.00. The molecule has 3 aliphatic carbocycles. The second-order valence-electron chi connectivity index (χ2n) is 11.6. The first-order valence-electron chi connectivity index (χ1n) is 13.7. The van der Waals surface area contributed by atoms with E-state index in [0.29, 0.717) is 31.0 Å². The average Bonchev–Trinajstić information content (AvgIpc) is 3.42. The van der Waals surface area contributed by atoms with Gasteiger partial charge in [0.2, 0.25) is 0 Å². The molecule has 1 aromatic rings. The fourth-order valence-corrected chi connectivity index (χ4v) is 7.40. The molecule has 1 saturated heterocycles. The van der Waals surface area contributed by atoms with Crippen molar-refractivity contribution >= 4 is 5.97 Å². The summed E-state index contributed by atoms with van der Waals surface area (Å²) < 4.78 is 18.8. The van der Waals surface area contributed by atoms with Gasteiger partial charge in [0.05, 0.1) is 19.3 Å². The summed E-state index contributed by atoms with van der Waals surface area (Å²) in [4.78, 5) is 22.9. The maximum Gasteiger partial charge on any atom is 0.323 e. The second kappa shape index (κ2) is 11.5. The Hall–Kier alpha value is -2.12. The summed E-state index contributed by atoms with van der Waals surface area (Å²) in [7, 11) is 0. The van der Waals surface area contributed by atoms with Crippen molar-refractivity contribution in [3.63, 3.8) is 0 Å². The van der Waals surface area contributed by atoms with Gasteiger partial charge in [0.1, 0.15) is 19.1 Å². The minimum absolute atomic E-state index is 0.0275. The maximum atomic E-state index is 12.1. The third-order valence-corrected chi connectivity index (χ3v) is 9.28. The summed E-state index contributed by atoms with van der Waals surface area (Å²) >= 11 is 0. The molecule has 0 aromatic carbocycles. The number of carboxylic acids is 1. The van der Waals surface area contributed by atoms with Gasteiger partial charge in [0.25, 0.3) is 5.56 Å². The van der Waals surface area contributed by atoms with Crippen LogP contribution in [0.3, 0.4) is 0 Å². The molecule has 4 fully saturated rings. The Morgan fingerprint density at radius 3 is 2.58 bits per heavy atom. The number of nitrogens with zero attached hydrogens (tertiary/aromatic N) is 1. The molecule has 2 heterocycles. The van der Waals surface area contributed by atoms with Crippen LogP contribution in [0.25, 0.3) is 0 Å². The molecular weight excluding hydrogens is 458 g/mol. The van der Waals surface area contributed by atoms with Crippen molar-refractivity contribution in [3.8, 4) is 5.75 Å². The van der Waals surface area contributed by atoms with Gasteiger partial charge < -0.3 is 23.9 Å². The van der Waals surface area contributed by atoms with E-state index in [-0.39, 0.29) is 29.0 Å². The number of carbonyl (C=O) groups is 1. The van der Waals surface area contributed by atoms with Crippen molar-refractivity contribution < 1.29 is 24.1 Å². The van der Waals surface area contributed by atoms with Crippen molar-refractivity contribution in [1.82, 2.24) is 4.57 Å². The zero-order valence-electron chi connectivity index (χ0n) is 22.0. The van der Waals surface area contributed by atoms with Crippen molar-refractivity contribution in [2.24, 2.45) is 22.7 Å². The van der Waals surface area contributed by atoms with Gasteiger partial charge >= 0.3 is 5.97 Å². The summed E-state index contributed by atoms with van der Waals surface area (Å²) in [5.41, 5.74) is 1.06. The largest absolute Gasteiger partial charge is 0.493 e.